The van der Waals surface area contributed by atoms with Crippen molar-refractivity contribution in [3.05, 3.63) is 58.9 Å². The topological polar surface area (TPSA) is 96.0 Å². The Balaban J connectivity index is 2.41. The van der Waals surface area contributed by atoms with Gasteiger partial charge in [-0.15, -0.1) is 0 Å². The number of amides is 2. The second kappa shape index (κ2) is 12.2. The van der Waals surface area contributed by atoms with Crippen LogP contribution >= 0.6 is 11.6 Å². The van der Waals surface area contributed by atoms with Gasteiger partial charge in [0.05, 0.1) is 24.1 Å². The molecule has 2 aromatic carbocycles. The maximum absolute atomic E-state index is 14.4. The molecule has 0 aromatic heterocycles. The van der Waals surface area contributed by atoms with E-state index in [9.17, 15) is 22.4 Å². The molecule has 0 spiro atoms. The van der Waals surface area contributed by atoms with Gasteiger partial charge in [-0.3, -0.25) is 13.9 Å². The molecule has 0 fully saturated rings. The number of nitrogens with zero attached hydrogens (tertiary/aromatic N) is 2. The molecule has 8 nitrogen and oxygen atoms in total. The number of hydrogen-bond acceptors (Lipinski definition) is 5. The number of anilines is 1. The van der Waals surface area contributed by atoms with E-state index in [1.807, 2.05) is 13.8 Å². The van der Waals surface area contributed by atoms with Gasteiger partial charge in [0.2, 0.25) is 21.8 Å². The normalized spacial score (nSPS) is 12.2. The monoisotopic (exact) mass is 527 g/mol. The highest BCUT2D eigenvalue weighted by Crippen LogP contribution is 2.30. The van der Waals surface area contributed by atoms with Crippen LogP contribution in [0.3, 0.4) is 0 Å². The summed E-state index contributed by atoms with van der Waals surface area (Å²) >= 11 is 6.16. The minimum atomic E-state index is -3.92. The van der Waals surface area contributed by atoms with Crippen molar-refractivity contribution in [2.75, 3.05) is 30.8 Å². The summed E-state index contributed by atoms with van der Waals surface area (Å²) in [5, 5.41) is 2.93. The van der Waals surface area contributed by atoms with Gasteiger partial charge in [-0.2, -0.15) is 0 Å². The van der Waals surface area contributed by atoms with E-state index in [-0.39, 0.29) is 28.7 Å². The first-order valence-corrected chi connectivity index (χ1v) is 13.2. The number of carbonyl (C=O) groups is 2. The third-order valence-corrected chi connectivity index (χ3v) is 6.69. The van der Waals surface area contributed by atoms with Crippen molar-refractivity contribution in [3.8, 4) is 5.75 Å². The van der Waals surface area contributed by atoms with Gasteiger partial charge in [0.25, 0.3) is 0 Å². The van der Waals surface area contributed by atoms with E-state index in [4.69, 9.17) is 16.3 Å². The first kappa shape index (κ1) is 28.4. The highest BCUT2D eigenvalue weighted by atomic mass is 35.5. The molecule has 0 aliphatic rings. The molecule has 1 N–H and O–H groups in total. The largest absolute Gasteiger partial charge is 0.495 e. The van der Waals surface area contributed by atoms with E-state index in [1.165, 1.54) is 50.4 Å². The van der Waals surface area contributed by atoms with E-state index >= 15 is 0 Å². The fourth-order valence-corrected chi connectivity index (χ4v) is 4.36. The number of hydrogen-bond donors (Lipinski definition) is 1. The van der Waals surface area contributed by atoms with Gasteiger partial charge in [0, 0.05) is 18.7 Å². The van der Waals surface area contributed by atoms with Crippen LogP contribution in [-0.2, 0) is 26.2 Å². The molecule has 192 valence electrons. The SMILES string of the molecule is COc1ccc(N(CC(=O)N(Cc2ccccc2F)C(C)C(=O)NCC(C)C)S(C)(=O)=O)cc1Cl. The summed E-state index contributed by atoms with van der Waals surface area (Å²) in [6.45, 7) is 4.93. The Morgan fingerprint density at radius 3 is 2.34 bits per heavy atom. The molecule has 0 saturated carbocycles. The molecule has 1 atom stereocenters. The van der Waals surface area contributed by atoms with Crippen LogP contribution in [0.2, 0.25) is 5.02 Å². The third kappa shape index (κ3) is 7.83. The Labute approximate surface area is 211 Å². The molecule has 0 radical (unpaired) electrons. The van der Waals surface area contributed by atoms with Gasteiger partial charge < -0.3 is 15.0 Å². The maximum Gasteiger partial charge on any atom is 0.244 e. The lowest BCUT2D eigenvalue weighted by Gasteiger charge is -2.31. The van der Waals surface area contributed by atoms with Crippen LogP contribution in [0.1, 0.15) is 26.3 Å². The van der Waals surface area contributed by atoms with Gasteiger partial charge >= 0.3 is 0 Å². The molecule has 35 heavy (non-hydrogen) atoms. The Morgan fingerprint density at radius 1 is 1.14 bits per heavy atom. The summed E-state index contributed by atoms with van der Waals surface area (Å²) in [5.74, 6) is -1.13. The lowest BCUT2D eigenvalue weighted by Crippen LogP contribution is -2.51. The van der Waals surface area contributed by atoms with Crippen molar-refractivity contribution >= 4 is 39.1 Å². The second-order valence-corrected chi connectivity index (χ2v) is 10.8. The van der Waals surface area contributed by atoms with Crippen LogP contribution in [-0.4, -0.2) is 57.6 Å². The van der Waals surface area contributed by atoms with Crippen LogP contribution in [0.15, 0.2) is 42.5 Å². The molecule has 0 heterocycles. The minimum Gasteiger partial charge on any atom is -0.495 e. The Bertz CT molecular complexity index is 1160. The molecule has 11 heteroatoms. The van der Waals surface area contributed by atoms with Crippen LogP contribution in [0.4, 0.5) is 10.1 Å². The number of methoxy groups -OCH3 is 1. The van der Waals surface area contributed by atoms with Crippen molar-refractivity contribution in [2.45, 2.75) is 33.4 Å². The molecule has 0 saturated heterocycles. The third-order valence-electron chi connectivity index (χ3n) is 5.25. The zero-order valence-corrected chi connectivity index (χ0v) is 22.0. The molecular weight excluding hydrogens is 497 g/mol. The zero-order chi connectivity index (χ0) is 26.3. The van der Waals surface area contributed by atoms with Gasteiger partial charge in [-0.1, -0.05) is 43.6 Å². The van der Waals surface area contributed by atoms with E-state index in [2.05, 4.69) is 5.32 Å². The van der Waals surface area contributed by atoms with E-state index < -0.39 is 40.2 Å². The summed E-state index contributed by atoms with van der Waals surface area (Å²) in [7, 11) is -2.50. The van der Waals surface area contributed by atoms with Crippen molar-refractivity contribution in [2.24, 2.45) is 5.92 Å². The quantitative estimate of drug-likeness (QED) is 0.483. The predicted octanol–water partition coefficient (Wildman–Crippen LogP) is 3.44. The zero-order valence-electron chi connectivity index (χ0n) is 20.4. The highest BCUT2D eigenvalue weighted by Gasteiger charge is 2.30. The fourth-order valence-electron chi connectivity index (χ4n) is 3.27. The number of ether oxygens (including phenoxy) is 1. The first-order valence-electron chi connectivity index (χ1n) is 11.0. The van der Waals surface area contributed by atoms with Gasteiger partial charge in [-0.05, 0) is 37.1 Å². The summed E-state index contributed by atoms with van der Waals surface area (Å²) in [4.78, 5) is 27.4. The van der Waals surface area contributed by atoms with Crippen LogP contribution in [0.5, 0.6) is 5.75 Å². The lowest BCUT2D eigenvalue weighted by atomic mass is 10.1. The van der Waals surface area contributed by atoms with Crippen molar-refractivity contribution in [1.29, 1.82) is 0 Å². The Morgan fingerprint density at radius 2 is 1.80 bits per heavy atom. The Kier molecular flexibility index (Phi) is 9.91. The van der Waals surface area contributed by atoms with Crippen LogP contribution < -0.4 is 14.4 Å². The summed E-state index contributed by atoms with van der Waals surface area (Å²) in [5.41, 5.74) is 0.345. The van der Waals surface area contributed by atoms with E-state index in [0.717, 1.165) is 15.5 Å². The minimum absolute atomic E-state index is 0.148. The average Bonchev–Trinajstić information content (AvgIpc) is 2.79. The first-order chi connectivity index (χ1) is 16.3. The highest BCUT2D eigenvalue weighted by molar-refractivity contribution is 7.92. The van der Waals surface area contributed by atoms with Crippen LogP contribution in [0.25, 0.3) is 0 Å². The van der Waals surface area contributed by atoms with Crippen LogP contribution in [0, 0.1) is 11.7 Å². The molecule has 2 aromatic rings. The number of nitrogens with one attached hydrogen (secondary N) is 1. The number of sulfonamides is 1. The summed E-state index contributed by atoms with van der Waals surface area (Å²) < 4.78 is 45.6. The molecule has 2 rings (SSSR count). The van der Waals surface area contributed by atoms with Gasteiger partial charge in [0.15, 0.2) is 0 Å². The smallest absolute Gasteiger partial charge is 0.244 e. The van der Waals surface area contributed by atoms with Gasteiger partial charge in [0.1, 0.15) is 24.2 Å². The summed E-state index contributed by atoms with van der Waals surface area (Å²) in [6.07, 6.45) is 0.957. The predicted molar refractivity (Wildman–Crippen MR) is 134 cm³/mol. The maximum atomic E-state index is 14.4. The molecule has 0 bridgehead atoms. The number of halogens is 2. The number of benzene rings is 2. The van der Waals surface area contributed by atoms with Crippen molar-refractivity contribution in [1.82, 2.24) is 10.2 Å². The number of carbonyl (C=O) groups excluding carboxylic acids is 2. The number of rotatable bonds is 11. The second-order valence-electron chi connectivity index (χ2n) is 8.52. The van der Waals surface area contributed by atoms with Crippen molar-refractivity contribution < 1.29 is 27.1 Å². The molecule has 1 unspecified atom stereocenters. The molecule has 0 aliphatic heterocycles. The Hall–Kier alpha value is -2.85. The molecular formula is C24H31ClFN3O5S. The van der Waals surface area contributed by atoms with E-state index in [1.54, 1.807) is 6.07 Å². The van der Waals surface area contributed by atoms with Gasteiger partial charge in [-0.25, -0.2) is 12.8 Å². The van der Waals surface area contributed by atoms with E-state index in [0.29, 0.717) is 12.3 Å². The lowest BCUT2D eigenvalue weighted by molar-refractivity contribution is -0.139. The molecule has 2 amide bonds. The molecule has 0 aliphatic carbocycles. The fraction of sp³-hybridized carbons (Fsp3) is 0.417. The van der Waals surface area contributed by atoms with Crippen molar-refractivity contribution in [3.63, 3.8) is 0 Å². The summed E-state index contributed by atoms with van der Waals surface area (Å²) in [6, 6.07) is 9.22. The standard InChI is InChI=1S/C24H31ClFN3O5S/c1-16(2)13-27-24(31)17(3)28(14-18-8-6-7-9-21(18)26)23(30)15-29(35(5,32)33)19-10-11-22(34-4)20(25)12-19/h6-12,16-17H,13-15H2,1-5H3,(H,27,31). The average molecular weight is 528 g/mol.